The van der Waals surface area contributed by atoms with E-state index in [9.17, 15) is 9.59 Å². The molecular weight excluding hydrogens is 210 g/mol. The van der Waals surface area contributed by atoms with Crippen molar-refractivity contribution in [2.45, 2.75) is 33.2 Å². The van der Waals surface area contributed by atoms with Crippen molar-refractivity contribution < 1.29 is 19.4 Å². The van der Waals surface area contributed by atoms with Crippen LogP contribution in [0, 0.1) is 5.41 Å². The van der Waals surface area contributed by atoms with Crippen molar-refractivity contribution in [1.29, 1.82) is 0 Å². The van der Waals surface area contributed by atoms with Crippen LogP contribution in [0.25, 0.3) is 0 Å². The Morgan fingerprint density at radius 2 is 2.12 bits per heavy atom. The Morgan fingerprint density at radius 3 is 2.62 bits per heavy atom. The van der Waals surface area contributed by atoms with Gasteiger partial charge in [0.1, 0.15) is 0 Å². The van der Waals surface area contributed by atoms with Crippen molar-refractivity contribution in [3.8, 4) is 0 Å². The van der Waals surface area contributed by atoms with Crippen LogP contribution in [0.2, 0.25) is 0 Å². The van der Waals surface area contributed by atoms with Gasteiger partial charge in [-0.05, 0) is 20.8 Å². The van der Waals surface area contributed by atoms with E-state index in [1.54, 1.807) is 18.7 Å². The molecule has 0 aromatic carbocycles. The van der Waals surface area contributed by atoms with E-state index in [1.165, 1.54) is 0 Å². The van der Waals surface area contributed by atoms with Gasteiger partial charge >= 0.3 is 5.97 Å². The fraction of sp³-hybridized carbons (Fsp3) is 0.818. The quantitative estimate of drug-likeness (QED) is 0.775. The number of aliphatic carboxylic acids is 1. The molecule has 1 atom stereocenters. The highest BCUT2D eigenvalue weighted by molar-refractivity contribution is 5.84. The van der Waals surface area contributed by atoms with Crippen LogP contribution in [0.1, 0.15) is 27.2 Å². The third-order valence-corrected chi connectivity index (χ3v) is 2.86. The lowest BCUT2D eigenvalue weighted by Crippen LogP contribution is -2.48. The first-order chi connectivity index (χ1) is 7.34. The molecule has 0 saturated carbocycles. The third kappa shape index (κ3) is 2.95. The molecule has 0 radical (unpaired) electrons. The van der Waals surface area contributed by atoms with Crippen LogP contribution in [-0.4, -0.2) is 47.7 Å². The zero-order valence-electron chi connectivity index (χ0n) is 10.0. The Kier molecular flexibility index (Phi) is 3.91. The summed E-state index contributed by atoms with van der Waals surface area (Å²) in [5.41, 5.74) is -1.00. The summed E-state index contributed by atoms with van der Waals surface area (Å²) in [6.07, 6.45) is 0.0344. The van der Waals surface area contributed by atoms with Gasteiger partial charge in [-0.25, -0.2) is 0 Å². The van der Waals surface area contributed by atoms with Gasteiger partial charge in [-0.15, -0.1) is 0 Å². The van der Waals surface area contributed by atoms with Crippen molar-refractivity contribution in [2.75, 3.05) is 19.8 Å². The van der Waals surface area contributed by atoms with Gasteiger partial charge in [0, 0.05) is 13.0 Å². The fourth-order valence-corrected chi connectivity index (χ4v) is 1.65. The second-order valence-corrected chi connectivity index (χ2v) is 4.88. The summed E-state index contributed by atoms with van der Waals surface area (Å²) in [6.45, 7) is 6.65. The molecule has 0 bridgehead atoms. The lowest BCUT2D eigenvalue weighted by molar-refractivity contribution is -0.153. The van der Waals surface area contributed by atoms with Crippen LogP contribution >= 0.6 is 0 Å². The van der Waals surface area contributed by atoms with E-state index in [2.05, 4.69) is 0 Å². The summed E-state index contributed by atoms with van der Waals surface area (Å²) in [7, 11) is 0. The van der Waals surface area contributed by atoms with E-state index in [0.29, 0.717) is 19.8 Å². The van der Waals surface area contributed by atoms with E-state index in [0.717, 1.165) is 0 Å². The van der Waals surface area contributed by atoms with Crippen LogP contribution in [-0.2, 0) is 14.3 Å². The van der Waals surface area contributed by atoms with Crippen molar-refractivity contribution in [3.05, 3.63) is 0 Å². The van der Waals surface area contributed by atoms with Crippen LogP contribution in [0.4, 0.5) is 0 Å². The number of rotatable bonds is 3. The number of carbonyl (C=O) groups is 2. The molecule has 1 aliphatic rings. The number of carbonyl (C=O) groups excluding carboxylic acids is 1. The van der Waals surface area contributed by atoms with E-state index >= 15 is 0 Å². The second kappa shape index (κ2) is 4.82. The Labute approximate surface area is 95.4 Å². The average Bonchev–Trinajstić information content (AvgIpc) is 2.17. The molecule has 1 heterocycles. The second-order valence-electron chi connectivity index (χ2n) is 4.88. The highest BCUT2D eigenvalue weighted by Crippen LogP contribution is 2.23. The minimum atomic E-state index is -1.00. The van der Waals surface area contributed by atoms with E-state index in [4.69, 9.17) is 9.84 Å². The number of nitrogens with zero attached hydrogens (tertiary/aromatic N) is 1. The Hall–Kier alpha value is -1.10. The molecule has 1 amide bonds. The summed E-state index contributed by atoms with van der Waals surface area (Å²) in [5, 5.41) is 8.96. The molecule has 16 heavy (non-hydrogen) atoms. The van der Waals surface area contributed by atoms with E-state index < -0.39 is 11.4 Å². The van der Waals surface area contributed by atoms with Crippen molar-refractivity contribution in [1.82, 2.24) is 4.90 Å². The number of carboxylic acids is 1. The normalized spacial score (nSPS) is 21.9. The molecule has 5 heteroatoms. The topological polar surface area (TPSA) is 66.8 Å². The molecular formula is C11H19NO4. The Balaban J connectivity index is 2.61. The highest BCUT2D eigenvalue weighted by atomic mass is 16.5. The number of ether oxygens (including phenoxy) is 1. The first-order valence-corrected chi connectivity index (χ1v) is 5.45. The molecule has 1 saturated heterocycles. The zero-order valence-corrected chi connectivity index (χ0v) is 10.0. The largest absolute Gasteiger partial charge is 0.481 e. The van der Waals surface area contributed by atoms with Crippen LogP contribution in [0.15, 0.2) is 0 Å². The highest BCUT2D eigenvalue weighted by Gasteiger charge is 2.34. The summed E-state index contributed by atoms with van der Waals surface area (Å²) in [6, 6.07) is 0.0332. The molecule has 0 aromatic rings. The van der Waals surface area contributed by atoms with Gasteiger partial charge < -0.3 is 14.7 Å². The van der Waals surface area contributed by atoms with E-state index in [-0.39, 0.29) is 18.4 Å². The Bertz CT molecular complexity index is 288. The summed E-state index contributed by atoms with van der Waals surface area (Å²) in [4.78, 5) is 24.6. The zero-order chi connectivity index (χ0) is 12.3. The first-order valence-electron chi connectivity index (χ1n) is 5.45. The van der Waals surface area contributed by atoms with Gasteiger partial charge in [-0.3, -0.25) is 9.59 Å². The summed E-state index contributed by atoms with van der Waals surface area (Å²) < 4.78 is 5.23. The van der Waals surface area contributed by atoms with Crippen LogP contribution in [0.5, 0.6) is 0 Å². The maximum Gasteiger partial charge on any atom is 0.309 e. The maximum atomic E-state index is 11.9. The minimum Gasteiger partial charge on any atom is -0.481 e. The lowest BCUT2D eigenvalue weighted by atomic mass is 9.88. The molecule has 92 valence electrons. The average molecular weight is 229 g/mol. The Morgan fingerprint density at radius 1 is 1.50 bits per heavy atom. The smallest absolute Gasteiger partial charge is 0.309 e. The number of amides is 1. The van der Waals surface area contributed by atoms with Crippen LogP contribution in [0.3, 0.4) is 0 Å². The van der Waals surface area contributed by atoms with E-state index in [1.807, 2.05) is 6.92 Å². The molecule has 0 aromatic heterocycles. The number of carboxylic acid groups (broad SMARTS) is 1. The maximum absolute atomic E-state index is 11.9. The SMILES string of the molecule is C[C@@H]1COCCN1C(=O)CC(C)(C)C(=O)O. The van der Waals surface area contributed by atoms with Crippen molar-refractivity contribution in [2.24, 2.45) is 5.41 Å². The van der Waals surface area contributed by atoms with Crippen LogP contribution < -0.4 is 0 Å². The van der Waals surface area contributed by atoms with Gasteiger partial charge in [-0.2, -0.15) is 0 Å². The molecule has 5 nitrogen and oxygen atoms in total. The summed E-state index contributed by atoms with van der Waals surface area (Å²) in [5.74, 6) is -1.05. The van der Waals surface area contributed by atoms with Gasteiger partial charge in [0.25, 0.3) is 0 Å². The number of morpholine rings is 1. The third-order valence-electron chi connectivity index (χ3n) is 2.86. The molecule has 1 rings (SSSR count). The molecule has 0 spiro atoms. The molecule has 1 aliphatic heterocycles. The first kappa shape index (κ1) is 13.0. The molecule has 1 N–H and O–H groups in total. The fourth-order valence-electron chi connectivity index (χ4n) is 1.65. The molecule has 0 aliphatic carbocycles. The molecule has 1 fully saturated rings. The molecule has 0 unspecified atom stereocenters. The number of hydrogen-bond donors (Lipinski definition) is 1. The lowest BCUT2D eigenvalue weighted by Gasteiger charge is -2.35. The predicted molar refractivity (Wildman–Crippen MR) is 58.0 cm³/mol. The monoisotopic (exact) mass is 229 g/mol. The van der Waals surface area contributed by atoms with Gasteiger partial charge in [0.2, 0.25) is 5.91 Å². The van der Waals surface area contributed by atoms with Crippen molar-refractivity contribution >= 4 is 11.9 Å². The number of hydrogen-bond acceptors (Lipinski definition) is 3. The van der Waals surface area contributed by atoms with Gasteiger partial charge in [0.15, 0.2) is 0 Å². The standard InChI is InChI=1S/C11H19NO4/c1-8-7-16-5-4-12(8)9(13)6-11(2,3)10(14)15/h8H,4-7H2,1-3H3,(H,14,15)/t8-/m1/s1. The summed E-state index contributed by atoms with van der Waals surface area (Å²) >= 11 is 0. The predicted octanol–water partition coefficient (Wildman–Crippen LogP) is 0.735. The minimum absolute atomic E-state index is 0.0332. The van der Waals surface area contributed by atoms with Crippen molar-refractivity contribution in [3.63, 3.8) is 0 Å². The van der Waals surface area contributed by atoms with Gasteiger partial charge in [0.05, 0.1) is 24.7 Å². The van der Waals surface area contributed by atoms with Gasteiger partial charge in [-0.1, -0.05) is 0 Å².